The number of esters is 2. The van der Waals surface area contributed by atoms with Gasteiger partial charge < -0.3 is 24.3 Å². The SMILES string of the molecule is CCCC(=O)OCC(=O)Nc1scc(-c2ccc(OC)c(OC)c2)c1C(=O)OCC. The molecule has 0 saturated carbocycles. The number of carbonyl (C=O) groups excluding carboxylic acids is 3. The third kappa shape index (κ3) is 5.73. The summed E-state index contributed by atoms with van der Waals surface area (Å²) in [5.74, 6) is -0.496. The average molecular weight is 435 g/mol. The molecule has 0 spiro atoms. The highest BCUT2D eigenvalue weighted by Crippen LogP contribution is 2.39. The number of nitrogens with one attached hydrogen (secondary N) is 1. The van der Waals surface area contributed by atoms with Gasteiger partial charge in [-0.3, -0.25) is 9.59 Å². The minimum absolute atomic E-state index is 0.183. The molecule has 0 radical (unpaired) electrons. The van der Waals surface area contributed by atoms with E-state index in [0.29, 0.717) is 34.0 Å². The monoisotopic (exact) mass is 435 g/mol. The Labute approximate surface area is 179 Å². The van der Waals surface area contributed by atoms with Gasteiger partial charge in [-0.1, -0.05) is 13.0 Å². The first-order chi connectivity index (χ1) is 14.4. The van der Waals surface area contributed by atoms with E-state index in [2.05, 4.69) is 5.32 Å². The molecule has 1 amide bonds. The molecule has 0 aliphatic heterocycles. The number of carbonyl (C=O) groups is 3. The van der Waals surface area contributed by atoms with Crippen LogP contribution >= 0.6 is 11.3 Å². The summed E-state index contributed by atoms with van der Waals surface area (Å²) in [7, 11) is 3.06. The molecule has 0 aliphatic rings. The first kappa shape index (κ1) is 23.2. The van der Waals surface area contributed by atoms with Crippen LogP contribution in [-0.2, 0) is 19.1 Å². The second kappa shape index (κ2) is 11.2. The van der Waals surface area contributed by atoms with Gasteiger partial charge in [-0.2, -0.15) is 0 Å². The fraction of sp³-hybridized carbons (Fsp3) is 0.381. The molecule has 1 aromatic carbocycles. The molecular weight excluding hydrogens is 410 g/mol. The van der Waals surface area contributed by atoms with Crippen LogP contribution in [0.1, 0.15) is 37.0 Å². The predicted molar refractivity (Wildman–Crippen MR) is 113 cm³/mol. The highest BCUT2D eigenvalue weighted by molar-refractivity contribution is 7.15. The molecule has 0 fully saturated rings. The van der Waals surface area contributed by atoms with Gasteiger partial charge in [0, 0.05) is 17.4 Å². The van der Waals surface area contributed by atoms with E-state index in [4.69, 9.17) is 18.9 Å². The van der Waals surface area contributed by atoms with Gasteiger partial charge in [0.2, 0.25) is 0 Å². The smallest absolute Gasteiger partial charge is 0.341 e. The molecule has 0 aliphatic carbocycles. The number of anilines is 1. The van der Waals surface area contributed by atoms with E-state index >= 15 is 0 Å². The number of ether oxygens (including phenoxy) is 4. The van der Waals surface area contributed by atoms with E-state index in [0.717, 1.165) is 0 Å². The molecular formula is C21H25NO7S. The zero-order valence-electron chi connectivity index (χ0n) is 17.4. The normalized spacial score (nSPS) is 10.3. The summed E-state index contributed by atoms with van der Waals surface area (Å²) in [6.45, 7) is 3.30. The second-order valence-electron chi connectivity index (χ2n) is 6.10. The fourth-order valence-electron chi connectivity index (χ4n) is 2.66. The lowest BCUT2D eigenvalue weighted by molar-refractivity contribution is -0.147. The Morgan fingerprint density at radius 1 is 1.03 bits per heavy atom. The van der Waals surface area contributed by atoms with E-state index in [9.17, 15) is 14.4 Å². The molecule has 30 heavy (non-hydrogen) atoms. The molecule has 162 valence electrons. The van der Waals surface area contributed by atoms with Gasteiger partial charge in [-0.05, 0) is 31.0 Å². The van der Waals surface area contributed by atoms with Crippen LogP contribution < -0.4 is 14.8 Å². The maximum atomic E-state index is 12.6. The Balaban J connectivity index is 2.33. The first-order valence-electron chi connectivity index (χ1n) is 9.41. The fourth-order valence-corrected chi connectivity index (χ4v) is 3.63. The first-order valence-corrected chi connectivity index (χ1v) is 10.3. The Kier molecular flexibility index (Phi) is 8.67. The highest BCUT2D eigenvalue weighted by Gasteiger charge is 2.24. The summed E-state index contributed by atoms with van der Waals surface area (Å²) >= 11 is 1.18. The molecule has 0 saturated heterocycles. The van der Waals surface area contributed by atoms with E-state index in [1.54, 1.807) is 30.5 Å². The number of hydrogen-bond donors (Lipinski definition) is 1. The summed E-state index contributed by atoms with van der Waals surface area (Å²) in [5, 5.41) is 4.69. The summed E-state index contributed by atoms with van der Waals surface area (Å²) in [5.41, 5.74) is 1.50. The standard InChI is InChI=1S/C21H25NO7S/c1-5-7-18(24)29-11-17(23)22-20-19(21(25)28-6-2)14(12-30-20)13-8-9-15(26-3)16(10-13)27-4/h8-10,12H,5-7,11H2,1-4H3,(H,22,23). The average Bonchev–Trinajstić information content (AvgIpc) is 3.15. The van der Waals surface area contributed by atoms with Crippen LogP contribution in [0.3, 0.4) is 0 Å². The minimum Gasteiger partial charge on any atom is -0.493 e. The Hall–Kier alpha value is -3.07. The van der Waals surface area contributed by atoms with Crippen LogP contribution in [0, 0.1) is 0 Å². The van der Waals surface area contributed by atoms with Gasteiger partial charge in [-0.25, -0.2) is 4.79 Å². The number of thiophene rings is 1. The molecule has 2 aromatic rings. The van der Waals surface area contributed by atoms with Crippen molar-refractivity contribution in [2.75, 3.05) is 32.8 Å². The topological polar surface area (TPSA) is 100 Å². The Morgan fingerprint density at radius 3 is 2.40 bits per heavy atom. The summed E-state index contributed by atoms with van der Waals surface area (Å²) in [6, 6.07) is 5.25. The lowest BCUT2D eigenvalue weighted by atomic mass is 10.0. The van der Waals surface area contributed by atoms with Gasteiger partial charge in [0.15, 0.2) is 18.1 Å². The van der Waals surface area contributed by atoms with Crippen molar-refractivity contribution in [3.8, 4) is 22.6 Å². The van der Waals surface area contributed by atoms with Crippen molar-refractivity contribution < 1.29 is 33.3 Å². The van der Waals surface area contributed by atoms with Crippen LogP contribution in [0.25, 0.3) is 11.1 Å². The van der Waals surface area contributed by atoms with Gasteiger partial charge in [0.1, 0.15) is 10.6 Å². The maximum Gasteiger partial charge on any atom is 0.341 e. The summed E-state index contributed by atoms with van der Waals surface area (Å²) < 4.78 is 20.7. The third-order valence-corrected chi connectivity index (χ3v) is 4.93. The number of benzene rings is 1. The highest BCUT2D eigenvalue weighted by atomic mass is 32.1. The summed E-state index contributed by atoms with van der Waals surface area (Å²) in [4.78, 5) is 36.3. The minimum atomic E-state index is -0.568. The van der Waals surface area contributed by atoms with Crippen molar-refractivity contribution in [3.63, 3.8) is 0 Å². The molecule has 1 N–H and O–H groups in total. The number of methoxy groups -OCH3 is 2. The quantitative estimate of drug-likeness (QED) is 0.565. The zero-order valence-corrected chi connectivity index (χ0v) is 18.2. The number of amides is 1. The van der Waals surface area contributed by atoms with Crippen LogP contribution in [0.4, 0.5) is 5.00 Å². The van der Waals surface area contributed by atoms with Gasteiger partial charge >= 0.3 is 11.9 Å². The van der Waals surface area contributed by atoms with Crippen molar-refractivity contribution in [2.24, 2.45) is 0 Å². The van der Waals surface area contributed by atoms with E-state index in [1.165, 1.54) is 25.6 Å². The van der Waals surface area contributed by atoms with Gasteiger partial charge in [0.25, 0.3) is 5.91 Å². The molecule has 1 aromatic heterocycles. The molecule has 0 atom stereocenters. The van der Waals surface area contributed by atoms with Crippen LogP contribution in [0.15, 0.2) is 23.6 Å². The van der Waals surface area contributed by atoms with E-state index in [-0.39, 0.29) is 18.6 Å². The van der Waals surface area contributed by atoms with Crippen molar-refractivity contribution in [1.29, 1.82) is 0 Å². The maximum absolute atomic E-state index is 12.6. The molecule has 0 unspecified atom stereocenters. The lowest BCUT2D eigenvalue weighted by Crippen LogP contribution is -2.21. The van der Waals surface area contributed by atoms with Crippen LogP contribution in [0.2, 0.25) is 0 Å². The van der Waals surface area contributed by atoms with Crippen LogP contribution in [0.5, 0.6) is 11.5 Å². The van der Waals surface area contributed by atoms with Crippen molar-refractivity contribution >= 4 is 34.2 Å². The number of rotatable bonds is 10. The molecule has 0 bridgehead atoms. The second-order valence-corrected chi connectivity index (χ2v) is 6.98. The summed E-state index contributed by atoms with van der Waals surface area (Å²) in [6.07, 6.45) is 0.872. The Morgan fingerprint density at radius 2 is 1.77 bits per heavy atom. The molecule has 8 nitrogen and oxygen atoms in total. The third-order valence-electron chi connectivity index (χ3n) is 4.04. The predicted octanol–water partition coefficient (Wildman–Crippen LogP) is 3.89. The van der Waals surface area contributed by atoms with E-state index < -0.39 is 24.5 Å². The van der Waals surface area contributed by atoms with E-state index in [1.807, 2.05) is 6.92 Å². The van der Waals surface area contributed by atoms with Gasteiger partial charge in [-0.15, -0.1) is 11.3 Å². The molecule has 9 heteroatoms. The van der Waals surface area contributed by atoms with Crippen molar-refractivity contribution in [1.82, 2.24) is 0 Å². The molecule has 1 heterocycles. The van der Waals surface area contributed by atoms with Crippen molar-refractivity contribution in [3.05, 3.63) is 29.1 Å². The molecule has 2 rings (SSSR count). The Bertz CT molecular complexity index is 907. The number of hydrogen-bond acceptors (Lipinski definition) is 8. The van der Waals surface area contributed by atoms with Crippen molar-refractivity contribution in [2.45, 2.75) is 26.7 Å². The van der Waals surface area contributed by atoms with Gasteiger partial charge in [0.05, 0.1) is 20.8 Å². The zero-order chi connectivity index (χ0) is 22.1. The van der Waals surface area contributed by atoms with Crippen LogP contribution in [-0.4, -0.2) is 45.3 Å². The largest absolute Gasteiger partial charge is 0.493 e. The lowest BCUT2D eigenvalue weighted by Gasteiger charge is -2.11.